The van der Waals surface area contributed by atoms with Crippen molar-refractivity contribution >= 4 is 5.91 Å². The standard InChI is InChI=1S/C25H31N5O3/c1-18-13-19(2)15-22(14-18)33-17-24(31)30-11-9-29(10-12-30)16-23-26-27-25(28(23)3)20-5-7-21(32-4)8-6-20/h5-8,13-15H,9-12,16-17H2,1-4H3. The lowest BCUT2D eigenvalue weighted by molar-refractivity contribution is -0.135. The van der Waals surface area contributed by atoms with Gasteiger partial charge in [-0.3, -0.25) is 9.69 Å². The highest BCUT2D eigenvalue weighted by atomic mass is 16.5. The van der Waals surface area contributed by atoms with E-state index in [9.17, 15) is 4.79 Å². The summed E-state index contributed by atoms with van der Waals surface area (Å²) in [6.45, 7) is 7.75. The van der Waals surface area contributed by atoms with Crippen LogP contribution in [0.2, 0.25) is 0 Å². The predicted octanol–water partition coefficient (Wildman–Crippen LogP) is 2.83. The molecule has 0 unspecified atom stereocenters. The molecular weight excluding hydrogens is 418 g/mol. The van der Waals surface area contributed by atoms with Crippen molar-refractivity contribution in [1.29, 1.82) is 0 Å². The third kappa shape index (κ3) is 5.51. The van der Waals surface area contributed by atoms with Crippen LogP contribution in [0.15, 0.2) is 42.5 Å². The first-order valence-corrected chi connectivity index (χ1v) is 11.2. The van der Waals surface area contributed by atoms with Crippen molar-refractivity contribution in [1.82, 2.24) is 24.6 Å². The normalized spacial score (nSPS) is 14.4. The molecule has 3 aromatic rings. The summed E-state index contributed by atoms with van der Waals surface area (Å²) in [6, 6.07) is 13.8. The van der Waals surface area contributed by atoms with E-state index in [-0.39, 0.29) is 12.5 Å². The van der Waals surface area contributed by atoms with Crippen molar-refractivity contribution in [3.8, 4) is 22.9 Å². The number of rotatable bonds is 7. The van der Waals surface area contributed by atoms with Crippen molar-refractivity contribution in [2.24, 2.45) is 7.05 Å². The Balaban J connectivity index is 1.28. The Morgan fingerprint density at radius 1 is 0.939 bits per heavy atom. The van der Waals surface area contributed by atoms with Gasteiger partial charge in [0, 0.05) is 38.8 Å². The average Bonchev–Trinajstić information content (AvgIpc) is 3.17. The summed E-state index contributed by atoms with van der Waals surface area (Å²) in [4.78, 5) is 16.8. The maximum Gasteiger partial charge on any atom is 0.260 e. The summed E-state index contributed by atoms with van der Waals surface area (Å²) < 4.78 is 13.0. The Labute approximate surface area is 194 Å². The van der Waals surface area contributed by atoms with Gasteiger partial charge in [0.25, 0.3) is 5.91 Å². The predicted molar refractivity (Wildman–Crippen MR) is 126 cm³/mol. The fourth-order valence-electron chi connectivity index (χ4n) is 4.10. The second-order valence-corrected chi connectivity index (χ2v) is 8.50. The molecule has 1 amide bonds. The molecule has 174 valence electrons. The van der Waals surface area contributed by atoms with Crippen LogP contribution in [-0.2, 0) is 18.4 Å². The van der Waals surface area contributed by atoms with Gasteiger partial charge in [0.2, 0.25) is 0 Å². The molecule has 4 rings (SSSR count). The number of piperazine rings is 1. The van der Waals surface area contributed by atoms with Gasteiger partial charge >= 0.3 is 0 Å². The largest absolute Gasteiger partial charge is 0.497 e. The Morgan fingerprint density at radius 3 is 2.24 bits per heavy atom. The van der Waals surface area contributed by atoms with Crippen LogP contribution >= 0.6 is 0 Å². The highest BCUT2D eigenvalue weighted by Gasteiger charge is 2.23. The van der Waals surface area contributed by atoms with Crippen molar-refractivity contribution in [3.63, 3.8) is 0 Å². The fraction of sp³-hybridized carbons (Fsp3) is 0.400. The molecule has 0 N–H and O–H groups in total. The van der Waals surface area contributed by atoms with Crippen LogP contribution in [0.5, 0.6) is 11.5 Å². The van der Waals surface area contributed by atoms with Crippen LogP contribution in [0.4, 0.5) is 0 Å². The average molecular weight is 450 g/mol. The van der Waals surface area contributed by atoms with E-state index in [1.807, 2.05) is 66.8 Å². The van der Waals surface area contributed by atoms with Gasteiger partial charge < -0.3 is 18.9 Å². The molecule has 0 atom stereocenters. The molecule has 0 saturated carbocycles. The third-order valence-corrected chi connectivity index (χ3v) is 5.96. The number of aryl methyl sites for hydroxylation is 2. The minimum atomic E-state index is 0.0225. The SMILES string of the molecule is COc1ccc(-c2nnc(CN3CCN(C(=O)COc4cc(C)cc(C)c4)CC3)n2C)cc1. The van der Waals surface area contributed by atoms with Crippen LogP contribution < -0.4 is 9.47 Å². The number of aromatic nitrogens is 3. The lowest BCUT2D eigenvalue weighted by Gasteiger charge is -2.34. The van der Waals surface area contributed by atoms with Gasteiger partial charge in [0.05, 0.1) is 13.7 Å². The zero-order valence-electron chi connectivity index (χ0n) is 19.7. The quantitative estimate of drug-likeness (QED) is 0.552. The maximum atomic E-state index is 12.6. The summed E-state index contributed by atoms with van der Waals surface area (Å²) in [7, 11) is 3.64. The molecule has 0 aliphatic carbocycles. The van der Waals surface area contributed by atoms with Crippen molar-refractivity contribution < 1.29 is 14.3 Å². The first-order valence-electron chi connectivity index (χ1n) is 11.2. The summed E-state index contributed by atoms with van der Waals surface area (Å²) in [5.41, 5.74) is 3.26. The molecule has 0 radical (unpaired) electrons. The first-order chi connectivity index (χ1) is 15.9. The molecule has 33 heavy (non-hydrogen) atoms. The Hall–Kier alpha value is -3.39. The van der Waals surface area contributed by atoms with Crippen molar-refractivity contribution in [3.05, 3.63) is 59.4 Å². The zero-order chi connectivity index (χ0) is 23.4. The van der Waals surface area contributed by atoms with Crippen LogP contribution in [0, 0.1) is 13.8 Å². The number of benzene rings is 2. The fourth-order valence-corrected chi connectivity index (χ4v) is 4.10. The summed E-state index contributed by atoms with van der Waals surface area (Å²) >= 11 is 0. The lowest BCUT2D eigenvalue weighted by Crippen LogP contribution is -2.49. The number of ether oxygens (including phenoxy) is 2. The number of methoxy groups -OCH3 is 1. The number of nitrogens with zero attached hydrogens (tertiary/aromatic N) is 5. The molecule has 2 heterocycles. The van der Waals surface area contributed by atoms with E-state index in [4.69, 9.17) is 9.47 Å². The Kier molecular flexibility index (Phi) is 6.93. The van der Waals surface area contributed by atoms with Gasteiger partial charge in [0.1, 0.15) is 17.3 Å². The highest BCUT2D eigenvalue weighted by molar-refractivity contribution is 5.77. The van der Waals surface area contributed by atoms with Crippen LogP contribution in [0.25, 0.3) is 11.4 Å². The molecular formula is C25H31N5O3. The van der Waals surface area contributed by atoms with E-state index >= 15 is 0 Å². The molecule has 1 aromatic heterocycles. The number of carbonyl (C=O) groups is 1. The molecule has 0 spiro atoms. The number of hydrogen-bond donors (Lipinski definition) is 0. The van der Waals surface area contributed by atoms with Crippen LogP contribution in [-0.4, -0.2) is 70.4 Å². The van der Waals surface area contributed by atoms with Gasteiger partial charge in [0.15, 0.2) is 12.4 Å². The van der Waals surface area contributed by atoms with E-state index < -0.39 is 0 Å². The monoisotopic (exact) mass is 449 g/mol. The second-order valence-electron chi connectivity index (χ2n) is 8.50. The summed E-state index contributed by atoms with van der Waals surface area (Å²) in [5, 5.41) is 8.78. The molecule has 1 saturated heterocycles. The van der Waals surface area contributed by atoms with E-state index in [1.165, 1.54) is 0 Å². The zero-order valence-corrected chi connectivity index (χ0v) is 19.7. The molecule has 8 nitrogen and oxygen atoms in total. The highest BCUT2D eigenvalue weighted by Crippen LogP contribution is 2.21. The maximum absolute atomic E-state index is 12.6. The molecule has 1 aliphatic rings. The second kappa shape index (κ2) is 10.0. The molecule has 2 aromatic carbocycles. The number of amides is 1. The topological polar surface area (TPSA) is 72.7 Å². The number of carbonyl (C=O) groups excluding carboxylic acids is 1. The molecule has 1 aliphatic heterocycles. The van der Waals surface area contributed by atoms with Gasteiger partial charge in [-0.1, -0.05) is 6.07 Å². The smallest absolute Gasteiger partial charge is 0.260 e. The van der Waals surface area contributed by atoms with E-state index in [0.29, 0.717) is 19.6 Å². The Morgan fingerprint density at radius 2 is 1.61 bits per heavy atom. The summed E-state index contributed by atoms with van der Waals surface area (Å²) in [5.74, 6) is 3.31. The van der Waals surface area contributed by atoms with Crippen molar-refractivity contribution in [2.45, 2.75) is 20.4 Å². The van der Waals surface area contributed by atoms with Gasteiger partial charge in [-0.25, -0.2) is 0 Å². The van der Waals surface area contributed by atoms with Gasteiger partial charge in [-0.2, -0.15) is 0 Å². The van der Waals surface area contributed by atoms with Gasteiger partial charge in [-0.15, -0.1) is 10.2 Å². The van der Waals surface area contributed by atoms with E-state index in [1.54, 1.807) is 7.11 Å². The number of hydrogen-bond acceptors (Lipinski definition) is 6. The molecule has 0 bridgehead atoms. The first kappa shape index (κ1) is 22.8. The van der Waals surface area contributed by atoms with Crippen LogP contribution in [0.1, 0.15) is 17.0 Å². The third-order valence-electron chi connectivity index (χ3n) is 5.96. The minimum absolute atomic E-state index is 0.0225. The van der Waals surface area contributed by atoms with Crippen LogP contribution in [0.3, 0.4) is 0 Å². The summed E-state index contributed by atoms with van der Waals surface area (Å²) in [6.07, 6.45) is 0. The van der Waals surface area contributed by atoms with E-state index in [0.717, 1.165) is 52.9 Å². The van der Waals surface area contributed by atoms with Gasteiger partial charge in [-0.05, 0) is 61.4 Å². The Bertz CT molecular complexity index is 1080. The van der Waals surface area contributed by atoms with Crippen molar-refractivity contribution in [2.75, 3.05) is 39.9 Å². The van der Waals surface area contributed by atoms with E-state index in [2.05, 4.69) is 21.2 Å². The molecule has 1 fully saturated rings. The lowest BCUT2D eigenvalue weighted by atomic mass is 10.1. The minimum Gasteiger partial charge on any atom is -0.497 e. The molecule has 8 heteroatoms.